The number of para-hydroxylation sites is 1. The lowest BCUT2D eigenvalue weighted by Crippen LogP contribution is -2.71. The lowest BCUT2D eigenvalue weighted by Gasteiger charge is -2.70. The number of benzene rings is 1. The van der Waals surface area contributed by atoms with E-state index < -0.39 is 0 Å². The number of pyridine rings is 1. The van der Waals surface area contributed by atoms with Crippen LogP contribution in [0.25, 0.3) is 10.9 Å². The van der Waals surface area contributed by atoms with Crippen molar-refractivity contribution in [3.63, 3.8) is 0 Å². The molecule has 1 saturated heterocycles. The van der Waals surface area contributed by atoms with E-state index in [0.29, 0.717) is 23.9 Å². The van der Waals surface area contributed by atoms with Gasteiger partial charge in [0.2, 0.25) is 5.88 Å². The van der Waals surface area contributed by atoms with E-state index in [2.05, 4.69) is 58.1 Å². The van der Waals surface area contributed by atoms with Crippen molar-refractivity contribution in [3.05, 3.63) is 59.4 Å². The average molecular weight is 475 g/mol. The third kappa shape index (κ3) is 3.52. The van der Waals surface area contributed by atoms with E-state index in [1.807, 2.05) is 6.20 Å². The van der Waals surface area contributed by atoms with Gasteiger partial charge in [-0.3, -0.25) is 14.2 Å². The molecular weight excluding hydrogens is 439 g/mol. The Morgan fingerprint density at radius 1 is 1.17 bits per heavy atom. The molecule has 2 bridgehead atoms. The van der Waals surface area contributed by atoms with Crippen LogP contribution in [0, 0.1) is 5.92 Å². The van der Waals surface area contributed by atoms with Gasteiger partial charge in [0.15, 0.2) is 0 Å². The number of hydrogen-bond acceptors (Lipinski definition) is 4. The van der Waals surface area contributed by atoms with Crippen LogP contribution < -0.4 is 4.74 Å². The molecule has 4 heterocycles. The quantitative estimate of drug-likeness (QED) is 0.507. The van der Waals surface area contributed by atoms with Crippen molar-refractivity contribution < 1.29 is 9.13 Å². The van der Waals surface area contributed by atoms with E-state index in [4.69, 9.17) is 9.72 Å². The zero-order chi connectivity index (χ0) is 23.6. The second-order valence-electron chi connectivity index (χ2n) is 11.4. The minimum absolute atomic E-state index is 0.139. The maximum Gasteiger partial charge on any atom is 0.213 e. The van der Waals surface area contributed by atoms with Crippen LogP contribution in [-0.4, -0.2) is 63.8 Å². The van der Waals surface area contributed by atoms with Gasteiger partial charge in [-0.05, 0) is 68.6 Å². The molecule has 184 valence electrons. The van der Waals surface area contributed by atoms with Crippen LogP contribution >= 0.6 is 0 Å². The molecule has 0 amide bonds. The molecule has 0 radical (unpaired) electrons. The zero-order valence-electron chi connectivity index (χ0n) is 20.5. The van der Waals surface area contributed by atoms with Crippen molar-refractivity contribution in [2.24, 2.45) is 5.92 Å². The Morgan fingerprint density at radius 2 is 2.03 bits per heavy atom. The molecule has 2 aliphatic heterocycles. The van der Waals surface area contributed by atoms with Gasteiger partial charge in [-0.25, -0.2) is 4.98 Å². The SMILES string of the molecule is C[C@@H]1Cc2c([nH]c3ccccc23)[C@@H](c2ccc(O[C@@H]3CCN(CCCF)C3)nc2)N1C12CC(C1)C2. The van der Waals surface area contributed by atoms with Gasteiger partial charge in [0.25, 0.3) is 0 Å². The Morgan fingerprint density at radius 3 is 2.77 bits per heavy atom. The lowest BCUT2D eigenvalue weighted by atomic mass is 9.48. The monoisotopic (exact) mass is 474 g/mol. The van der Waals surface area contributed by atoms with Gasteiger partial charge < -0.3 is 9.72 Å². The minimum Gasteiger partial charge on any atom is -0.473 e. The Labute approximate surface area is 206 Å². The first-order chi connectivity index (χ1) is 17.1. The summed E-state index contributed by atoms with van der Waals surface area (Å²) in [4.78, 5) is 13.7. The van der Waals surface area contributed by atoms with Crippen LogP contribution in [0.2, 0.25) is 0 Å². The molecule has 3 atom stereocenters. The second-order valence-corrected chi connectivity index (χ2v) is 11.4. The largest absolute Gasteiger partial charge is 0.473 e. The Hall–Kier alpha value is -2.44. The molecule has 4 fully saturated rings. The number of halogens is 1. The summed E-state index contributed by atoms with van der Waals surface area (Å²) in [7, 11) is 0. The van der Waals surface area contributed by atoms with Crippen molar-refractivity contribution in [2.45, 2.75) is 69.2 Å². The number of H-pyrrole nitrogens is 1. The van der Waals surface area contributed by atoms with Crippen molar-refractivity contribution in [3.8, 4) is 5.88 Å². The molecule has 5 nitrogen and oxygen atoms in total. The number of aromatic amines is 1. The number of alkyl halides is 1. The van der Waals surface area contributed by atoms with Crippen LogP contribution in [-0.2, 0) is 6.42 Å². The number of rotatable bonds is 7. The summed E-state index contributed by atoms with van der Waals surface area (Å²) in [6.07, 6.45) is 8.90. The number of aromatic nitrogens is 2. The molecule has 0 spiro atoms. The van der Waals surface area contributed by atoms with E-state index in [0.717, 1.165) is 38.4 Å². The summed E-state index contributed by atoms with van der Waals surface area (Å²) in [5, 5.41) is 1.36. The molecule has 3 aromatic rings. The van der Waals surface area contributed by atoms with E-state index in [1.165, 1.54) is 47.0 Å². The summed E-state index contributed by atoms with van der Waals surface area (Å²) in [6.45, 7) is 4.82. The molecule has 3 saturated carbocycles. The fraction of sp³-hybridized carbons (Fsp3) is 0.552. The summed E-state index contributed by atoms with van der Waals surface area (Å²) in [5.74, 6) is 1.64. The molecule has 5 aliphatic rings. The molecule has 8 rings (SSSR count). The van der Waals surface area contributed by atoms with Crippen molar-refractivity contribution in [1.82, 2.24) is 19.8 Å². The molecule has 1 aromatic carbocycles. The van der Waals surface area contributed by atoms with Gasteiger partial charge in [0, 0.05) is 60.1 Å². The fourth-order valence-electron chi connectivity index (χ4n) is 7.45. The van der Waals surface area contributed by atoms with E-state index in [-0.39, 0.29) is 18.8 Å². The highest BCUT2D eigenvalue weighted by molar-refractivity contribution is 5.85. The first kappa shape index (κ1) is 21.8. The number of ether oxygens (including phenoxy) is 1. The molecule has 6 heteroatoms. The molecule has 2 aromatic heterocycles. The highest BCUT2D eigenvalue weighted by Gasteiger charge is 2.63. The number of likely N-dealkylation sites (tertiary alicyclic amines) is 1. The normalized spacial score (nSPS) is 32.3. The first-order valence-corrected chi connectivity index (χ1v) is 13.4. The van der Waals surface area contributed by atoms with Crippen LogP contribution in [0.5, 0.6) is 5.88 Å². The van der Waals surface area contributed by atoms with E-state index in [1.54, 1.807) is 0 Å². The van der Waals surface area contributed by atoms with Crippen molar-refractivity contribution >= 4 is 10.9 Å². The third-order valence-electron chi connectivity index (χ3n) is 9.13. The van der Waals surface area contributed by atoms with E-state index in [9.17, 15) is 4.39 Å². The van der Waals surface area contributed by atoms with Crippen LogP contribution in [0.4, 0.5) is 4.39 Å². The average Bonchev–Trinajstić information content (AvgIpc) is 3.41. The first-order valence-electron chi connectivity index (χ1n) is 13.4. The summed E-state index contributed by atoms with van der Waals surface area (Å²) >= 11 is 0. The van der Waals surface area contributed by atoms with Gasteiger partial charge in [0.05, 0.1) is 12.7 Å². The summed E-state index contributed by atoms with van der Waals surface area (Å²) < 4.78 is 18.7. The number of fused-ring (bicyclic) bond motifs is 3. The maximum atomic E-state index is 12.5. The van der Waals surface area contributed by atoms with Crippen LogP contribution in [0.3, 0.4) is 0 Å². The number of hydrogen-bond donors (Lipinski definition) is 1. The van der Waals surface area contributed by atoms with Gasteiger partial charge in [-0.15, -0.1) is 0 Å². The Bertz CT molecular complexity index is 1210. The smallest absolute Gasteiger partial charge is 0.213 e. The standard InChI is InChI=1S/C29H35FN4O/c1-19-13-24-23-5-2-3-6-25(23)32-27(24)28(34(19)29-14-20(15-29)16-29)21-7-8-26(31-17-21)35-22-9-12-33(18-22)11-4-10-30/h2-3,5-8,17,19-20,22,28,32H,4,9-16,18H2,1H3/t19-,20?,22-,28-,29?/m1/s1. The Kier molecular flexibility index (Phi) is 5.18. The van der Waals surface area contributed by atoms with Gasteiger partial charge in [-0.2, -0.15) is 0 Å². The number of nitrogens with zero attached hydrogens (tertiary/aromatic N) is 3. The highest BCUT2D eigenvalue weighted by atomic mass is 19.1. The fourth-order valence-corrected chi connectivity index (χ4v) is 7.45. The van der Waals surface area contributed by atoms with Gasteiger partial charge >= 0.3 is 0 Å². The zero-order valence-corrected chi connectivity index (χ0v) is 20.5. The molecule has 3 aliphatic carbocycles. The second kappa shape index (κ2) is 8.31. The Balaban J connectivity index is 1.18. The van der Waals surface area contributed by atoms with E-state index >= 15 is 0 Å². The summed E-state index contributed by atoms with van der Waals surface area (Å²) in [5.41, 5.74) is 5.67. The third-order valence-corrected chi connectivity index (χ3v) is 9.13. The maximum absolute atomic E-state index is 12.5. The predicted octanol–water partition coefficient (Wildman–Crippen LogP) is 5.26. The number of nitrogens with one attached hydrogen (secondary N) is 1. The van der Waals surface area contributed by atoms with Crippen molar-refractivity contribution in [1.29, 1.82) is 0 Å². The molecule has 0 unspecified atom stereocenters. The topological polar surface area (TPSA) is 44.4 Å². The summed E-state index contributed by atoms with van der Waals surface area (Å²) in [6, 6.07) is 13.7. The molecular formula is C29H35FN4O. The van der Waals surface area contributed by atoms with Gasteiger partial charge in [-0.1, -0.05) is 24.3 Å². The lowest BCUT2D eigenvalue weighted by molar-refractivity contribution is -0.174. The highest BCUT2D eigenvalue weighted by Crippen LogP contribution is 2.64. The van der Waals surface area contributed by atoms with Crippen LogP contribution in [0.1, 0.15) is 61.9 Å². The van der Waals surface area contributed by atoms with Gasteiger partial charge in [0.1, 0.15) is 6.10 Å². The van der Waals surface area contributed by atoms with Crippen LogP contribution in [0.15, 0.2) is 42.6 Å². The molecule has 1 N–H and O–H groups in total. The predicted molar refractivity (Wildman–Crippen MR) is 136 cm³/mol. The van der Waals surface area contributed by atoms with Crippen molar-refractivity contribution in [2.75, 3.05) is 26.3 Å². The molecule has 35 heavy (non-hydrogen) atoms. The minimum atomic E-state index is -0.248.